The van der Waals surface area contributed by atoms with E-state index < -0.39 is 10.0 Å². The molecule has 0 saturated carbocycles. The molecule has 0 amide bonds. The number of nitrogens with two attached hydrogens (primary N) is 1. The summed E-state index contributed by atoms with van der Waals surface area (Å²) in [5, 5.41) is 3.17. The molecule has 3 N–H and O–H groups in total. The van der Waals surface area contributed by atoms with E-state index in [2.05, 4.69) is 10.2 Å². The molecule has 0 heterocycles. The van der Waals surface area contributed by atoms with Crippen LogP contribution in [0.3, 0.4) is 0 Å². The summed E-state index contributed by atoms with van der Waals surface area (Å²) < 4.78 is 25.7. The fourth-order valence-electron chi connectivity index (χ4n) is 1.71. The third-order valence-corrected chi connectivity index (χ3v) is 4.72. The van der Waals surface area contributed by atoms with Gasteiger partial charge in [0.2, 0.25) is 10.0 Å². The normalized spacial score (nSPS) is 12.1. The minimum Gasteiger partial charge on any atom is -0.399 e. The fraction of sp³-hybridized carbons (Fsp3) is 0.538. The van der Waals surface area contributed by atoms with E-state index in [-0.39, 0.29) is 4.90 Å². The molecule has 0 bridgehead atoms. The average Bonchev–Trinajstić information content (AvgIpc) is 2.35. The van der Waals surface area contributed by atoms with Crippen molar-refractivity contribution in [2.24, 2.45) is 0 Å². The fourth-order valence-corrected chi connectivity index (χ4v) is 2.81. The van der Waals surface area contributed by atoms with Crippen molar-refractivity contribution in [2.45, 2.75) is 11.3 Å². The van der Waals surface area contributed by atoms with Crippen LogP contribution in [0.5, 0.6) is 0 Å². The minimum atomic E-state index is -3.50. The highest BCUT2D eigenvalue weighted by Crippen LogP contribution is 2.25. The highest BCUT2D eigenvalue weighted by atomic mass is 32.2. The molecule has 6 nitrogen and oxygen atoms in total. The number of nitrogens with zero attached hydrogens (tertiary/aromatic N) is 2. The van der Waals surface area contributed by atoms with Gasteiger partial charge in [0.05, 0.1) is 5.69 Å². The van der Waals surface area contributed by atoms with Gasteiger partial charge in [-0.05, 0) is 45.3 Å². The van der Waals surface area contributed by atoms with E-state index in [9.17, 15) is 8.42 Å². The lowest BCUT2D eigenvalue weighted by molar-refractivity contribution is 0.405. The maximum atomic E-state index is 12.3. The molecule has 0 aromatic heterocycles. The van der Waals surface area contributed by atoms with Crippen molar-refractivity contribution in [3.8, 4) is 0 Å². The van der Waals surface area contributed by atoms with Crippen molar-refractivity contribution >= 4 is 21.4 Å². The molecule has 1 rings (SSSR count). The largest absolute Gasteiger partial charge is 0.399 e. The number of nitrogens with one attached hydrogen (secondary N) is 1. The summed E-state index contributed by atoms with van der Waals surface area (Å²) in [6.07, 6.45) is 0.929. The second-order valence-corrected chi connectivity index (χ2v) is 7.25. The summed E-state index contributed by atoms with van der Waals surface area (Å²) >= 11 is 0. The molecule has 114 valence electrons. The average molecular weight is 300 g/mol. The smallest absolute Gasteiger partial charge is 0.244 e. The third-order valence-electron chi connectivity index (χ3n) is 2.86. The molecule has 0 saturated heterocycles. The molecule has 0 aliphatic carbocycles. The van der Waals surface area contributed by atoms with Gasteiger partial charge >= 0.3 is 0 Å². The first-order chi connectivity index (χ1) is 9.25. The van der Waals surface area contributed by atoms with Crippen molar-refractivity contribution in [2.75, 3.05) is 52.3 Å². The first kappa shape index (κ1) is 16.7. The quantitative estimate of drug-likeness (QED) is 0.577. The highest BCUT2D eigenvalue weighted by Gasteiger charge is 2.21. The van der Waals surface area contributed by atoms with Crippen LogP contribution in [0, 0.1) is 0 Å². The van der Waals surface area contributed by atoms with Gasteiger partial charge in [-0.25, -0.2) is 12.7 Å². The Morgan fingerprint density at radius 1 is 1.20 bits per heavy atom. The minimum absolute atomic E-state index is 0.215. The lowest BCUT2D eigenvalue weighted by Gasteiger charge is -2.17. The third kappa shape index (κ3) is 4.36. The van der Waals surface area contributed by atoms with Gasteiger partial charge in [-0.3, -0.25) is 0 Å². The molecule has 0 unspecified atom stereocenters. The predicted octanol–water partition coefficient (Wildman–Crippen LogP) is 0.883. The zero-order valence-corrected chi connectivity index (χ0v) is 13.4. The van der Waals surface area contributed by atoms with E-state index in [1.807, 2.05) is 14.1 Å². The number of anilines is 2. The van der Waals surface area contributed by atoms with Crippen LogP contribution in [0.15, 0.2) is 23.1 Å². The Hall–Kier alpha value is -1.31. The first-order valence-electron chi connectivity index (χ1n) is 6.46. The molecule has 0 aliphatic rings. The Morgan fingerprint density at radius 3 is 2.40 bits per heavy atom. The molecule has 0 aliphatic heterocycles. The molecule has 1 aromatic rings. The number of nitrogen functional groups attached to an aromatic ring is 1. The van der Waals surface area contributed by atoms with Crippen LogP contribution in [0.4, 0.5) is 11.4 Å². The molecule has 0 fully saturated rings. The monoisotopic (exact) mass is 300 g/mol. The van der Waals surface area contributed by atoms with Crippen molar-refractivity contribution in [1.29, 1.82) is 0 Å². The SMILES string of the molecule is CN(C)CCCNc1ccc(N)cc1S(=O)(=O)N(C)C. The lowest BCUT2D eigenvalue weighted by Crippen LogP contribution is -2.24. The second kappa shape index (κ2) is 6.92. The van der Waals surface area contributed by atoms with Gasteiger partial charge in [0.15, 0.2) is 0 Å². The van der Waals surface area contributed by atoms with Gasteiger partial charge in [-0.15, -0.1) is 0 Å². The Kier molecular flexibility index (Phi) is 5.79. The molecule has 1 aromatic carbocycles. The molecular weight excluding hydrogens is 276 g/mol. The van der Waals surface area contributed by atoms with E-state index in [0.29, 0.717) is 17.9 Å². The second-order valence-electron chi connectivity index (χ2n) is 5.13. The Labute approximate surface area is 121 Å². The predicted molar refractivity (Wildman–Crippen MR) is 83.4 cm³/mol. The summed E-state index contributed by atoms with van der Waals surface area (Å²) in [6, 6.07) is 4.90. The van der Waals surface area contributed by atoms with Gasteiger partial charge in [0.25, 0.3) is 0 Å². The van der Waals surface area contributed by atoms with E-state index in [1.54, 1.807) is 12.1 Å². The molecule has 0 radical (unpaired) electrons. The van der Waals surface area contributed by atoms with Crippen LogP contribution in [0.25, 0.3) is 0 Å². The Morgan fingerprint density at radius 2 is 1.85 bits per heavy atom. The summed E-state index contributed by atoms with van der Waals surface area (Å²) in [4.78, 5) is 2.30. The van der Waals surface area contributed by atoms with Gasteiger partial charge < -0.3 is 16.0 Å². The number of rotatable bonds is 7. The Balaban J connectivity index is 2.92. The van der Waals surface area contributed by atoms with Gasteiger partial charge in [-0.1, -0.05) is 0 Å². The van der Waals surface area contributed by atoms with Gasteiger partial charge in [0.1, 0.15) is 4.90 Å². The van der Waals surface area contributed by atoms with Gasteiger partial charge in [0, 0.05) is 26.3 Å². The van der Waals surface area contributed by atoms with Crippen LogP contribution in [-0.4, -0.2) is 58.9 Å². The van der Waals surface area contributed by atoms with E-state index in [4.69, 9.17) is 5.73 Å². The molecular formula is C13H24N4O2S. The first-order valence-corrected chi connectivity index (χ1v) is 7.90. The maximum absolute atomic E-state index is 12.3. The number of benzene rings is 1. The zero-order chi connectivity index (χ0) is 15.3. The van der Waals surface area contributed by atoms with Crippen molar-refractivity contribution < 1.29 is 8.42 Å². The van der Waals surface area contributed by atoms with Crippen LogP contribution < -0.4 is 11.1 Å². The Bertz CT molecular complexity index is 541. The molecule has 7 heteroatoms. The van der Waals surface area contributed by atoms with Crippen molar-refractivity contribution in [3.05, 3.63) is 18.2 Å². The van der Waals surface area contributed by atoms with Gasteiger partial charge in [-0.2, -0.15) is 0 Å². The van der Waals surface area contributed by atoms with Crippen LogP contribution in [0.2, 0.25) is 0 Å². The zero-order valence-electron chi connectivity index (χ0n) is 12.5. The lowest BCUT2D eigenvalue weighted by atomic mass is 10.2. The molecule has 20 heavy (non-hydrogen) atoms. The topological polar surface area (TPSA) is 78.7 Å². The number of hydrogen-bond acceptors (Lipinski definition) is 5. The summed E-state index contributed by atoms with van der Waals surface area (Å²) in [5.41, 5.74) is 6.73. The summed E-state index contributed by atoms with van der Waals surface area (Å²) in [5.74, 6) is 0. The highest BCUT2D eigenvalue weighted by molar-refractivity contribution is 7.89. The van der Waals surface area contributed by atoms with Crippen molar-refractivity contribution in [3.63, 3.8) is 0 Å². The van der Waals surface area contributed by atoms with Crippen LogP contribution in [0.1, 0.15) is 6.42 Å². The van der Waals surface area contributed by atoms with Crippen molar-refractivity contribution in [1.82, 2.24) is 9.21 Å². The molecule has 0 spiro atoms. The summed E-state index contributed by atoms with van der Waals surface area (Å²) in [6.45, 7) is 1.65. The standard InChI is InChI=1S/C13H24N4O2S/c1-16(2)9-5-8-15-12-7-6-11(14)10-13(12)20(18,19)17(3)4/h6-7,10,15H,5,8-9,14H2,1-4H3. The van der Waals surface area contributed by atoms with E-state index >= 15 is 0 Å². The van der Waals surface area contributed by atoms with E-state index in [1.165, 1.54) is 24.5 Å². The summed E-state index contributed by atoms with van der Waals surface area (Å²) in [7, 11) is 3.52. The number of sulfonamides is 1. The molecule has 0 atom stereocenters. The van der Waals surface area contributed by atoms with Crippen LogP contribution >= 0.6 is 0 Å². The van der Waals surface area contributed by atoms with Crippen LogP contribution in [-0.2, 0) is 10.0 Å². The van der Waals surface area contributed by atoms with E-state index in [0.717, 1.165) is 13.0 Å². The number of hydrogen-bond donors (Lipinski definition) is 2. The maximum Gasteiger partial charge on any atom is 0.244 e.